The molecule has 0 atom stereocenters. The van der Waals surface area contributed by atoms with Crippen LogP contribution in [-0.4, -0.2) is 26.5 Å². The Labute approximate surface area is 142 Å². The second-order valence-corrected chi connectivity index (χ2v) is 5.70. The highest BCUT2D eigenvalue weighted by Crippen LogP contribution is 2.21. The normalized spacial score (nSPS) is 10.7. The molecule has 1 aromatic heterocycles. The van der Waals surface area contributed by atoms with Crippen LogP contribution in [0.1, 0.15) is 23.0 Å². The van der Waals surface area contributed by atoms with Crippen molar-refractivity contribution in [3.63, 3.8) is 0 Å². The minimum atomic E-state index is -0.606. The second kappa shape index (κ2) is 7.00. The smallest absolute Gasteiger partial charge is 0.331 e. The molecule has 0 radical (unpaired) electrons. The number of rotatable bonds is 4. The van der Waals surface area contributed by atoms with E-state index in [4.69, 9.17) is 11.6 Å². The zero-order valence-electron chi connectivity index (χ0n) is 13.5. The summed E-state index contributed by atoms with van der Waals surface area (Å²) in [4.78, 5) is 37.8. The van der Waals surface area contributed by atoms with Crippen molar-refractivity contribution in [2.45, 2.75) is 13.5 Å². The standard InChI is InChI=1S/C16H17ClFN3O3/c1-4-21(9-10-11(17)6-5-7-12(10)18)15(23)13-8-14(22)20(3)16(24)19(13)2/h5-8H,4,9H2,1-3H3. The van der Waals surface area contributed by atoms with Crippen LogP contribution in [-0.2, 0) is 20.6 Å². The van der Waals surface area contributed by atoms with Gasteiger partial charge in [0.15, 0.2) is 0 Å². The van der Waals surface area contributed by atoms with Crippen molar-refractivity contribution in [2.75, 3.05) is 6.54 Å². The molecule has 2 rings (SSSR count). The molecule has 8 heteroatoms. The summed E-state index contributed by atoms with van der Waals surface area (Å²) in [5.41, 5.74) is -1.06. The number of halogens is 2. The first-order chi connectivity index (χ1) is 11.3. The predicted octanol–water partition coefficient (Wildman–Crippen LogP) is 1.54. The quantitative estimate of drug-likeness (QED) is 0.837. The third kappa shape index (κ3) is 3.26. The minimum Gasteiger partial charge on any atom is -0.333 e. The first-order valence-electron chi connectivity index (χ1n) is 7.27. The van der Waals surface area contributed by atoms with Gasteiger partial charge >= 0.3 is 5.69 Å². The molecular formula is C16H17ClFN3O3. The van der Waals surface area contributed by atoms with Gasteiger partial charge in [-0.15, -0.1) is 0 Å². The molecule has 0 spiro atoms. The van der Waals surface area contributed by atoms with Crippen molar-refractivity contribution in [3.05, 3.63) is 67.2 Å². The summed E-state index contributed by atoms with van der Waals surface area (Å²) >= 11 is 6.00. The average molecular weight is 354 g/mol. The van der Waals surface area contributed by atoms with Gasteiger partial charge in [-0.05, 0) is 19.1 Å². The highest BCUT2D eigenvalue weighted by Gasteiger charge is 2.21. The molecule has 6 nitrogen and oxygen atoms in total. The number of benzene rings is 1. The van der Waals surface area contributed by atoms with Crippen LogP contribution < -0.4 is 11.2 Å². The maximum absolute atomic E-state index is 13.9. The first kappa shape index (κ1) is 17.9. The van der Waals surface area contributed by atoms with Crippen molar-refractivity contribution >= 4 is 17.5 Å². The summed E-state index contributed by atoms with van der Waals surface area (Å²) in [7, 11) is 2.73. The summed E-state index contributed by atoms with van der Waals surface area (Å²) in [6, 6.07) is 5.36. The van der Waals surface area contributed by atoms with Crippen LogP contribution in [0.4, 0.5) is 4.39 Å². The number of hydrogen-bond acceptors (Lipinski definition) is 3. The molecule has 0 aliphatic heterocycles. The van der Waals surface area contributed by atoms with Crippen molar-refractivity contribution in [2.24, 2.45) is 14.1 Å². The van der Waals surface area contributed by atoms with E-state index in [1.54, 1.807) is 6.92 Å². The van der Waals surface area contributed by atoms with E-state index in [1.807, 2.05) is 0 Å². The molecule has 0 aliphatic rings. The molecule has 0 N–H and O–H groups in total. The van der Waals surface area contributed by atoms with Gasteiger partial charge in [0.1, 0.15) is 11.5 Å². The Balaban J connectivity index is 2.44. The molecule has 0 saturated carbocycles. The fraction of sp³-hybridized carbons (Fsp3) is 0.312. The van der Waals surface area contributed by atoms with Crippen molar-refractivity contribution < 1.29 is 9.18 Å². The largest absolute Gasteiger partial charge is 0.333 e. The summed E-state index contributed by atoms with van der Waals surface area (Å²) in [5.74, 6) is -1.07. The number of amides is 1. The molecular weight excluding hydrogens is 337 g/mol. The van der Waals surface area contributed by atoms with Crippen molar-refractivity contribution in [3.8, 4) is 0 Å². The van der Waals surface area contributed by atoms with Gasteiger partial charge in [-0.25, -0.2) is 9.18 Å². The lowest BCUT2D eigenvalue weighted by Crippen LogP contribution is -2.42. The maximum atomic E-state index is 13.9. The summed E-state index contributed by atoms with van der Waals surface area (Å²) in [5, 5.41) is 0.208. The predicted molar refractivity (Wildman–Crippen MR) is 88.7 cm³/mol. The summed E-state index contributed by atoms with van der Waals surface area (Å²) < 4.78 is 15.9. The first-order valence-corrected chi connectivity index (χ1v) is 7.65. The fourth-order valence-electron chi connectivity index (χ4n) is 2.30. The summed E-state index contributed by atoms with van der Waals surface area (Å²) in [6.45, 7) is 1.91. The van der Waals surface area contributed by atoms with Crippen LogP contribution in [0.25, 0.3) is 0 Å². The van der Waals surface area contributed by atoms with E-state index in [2.05, 4.69) is 0 Å². The van der Waals surface area contributed by atoms with Gasteiger partial charge in [-0.1, -0.05) is 17.7 Å². The molecule has 0 aliphatic carbocycles. The molecule has 0 unspecified atom stereocenters. The number of carbonyl (C=O) groups is 1. The van der Waals surface area contributed by atoms with E-state index in [0.29, 0.717) is 0 Å². The Bertz CT molecular complexity index is 884. The van der Waals surface area contributed by atoms with Gasteiger partial charge in [-0.3, -0.25) is 18.7 Å². The lowest BCUT2D eigenvalue weighted by Gasteiger charge is -2.23. The Hall–Kier alpha value is -2.41. The van der Waals surface area contributed by atoms with E-state index < -0.39 is 23.0 Å². The van der Waals surface area contributed by atoms with Crippen LogP contribution in [0.5, 0.6) is 0 Å². The number of carbonyl (C=O) groups excluding carboxylic acids is 1. The molecule has 24 heavy (non-hydrogen) atoms. The monoisotopic (exact) mass is 353 g/mol. The van der Waals surface area contributed by atoms with Gasteiger partial charge in [0, 0.05) is 37.3 Å². The third-order valence-electron chi connectivity index (χ3n) is 3.82. The number of hydrogen-bond donors (Lipinski definition) is 0. The molecule has 1 aromatic carbocycles. The SMILES string of the molecule is CCN(Cc1c(F)cccc1Cl)C(=O)c1cc(=O)n(C)c(=O)n1C. The second-order valence-electron chi connectivity index (χ2n) is 5.29. The van der Waals surface area contributed by atoms with Gasteiger partial charge < -0.3 is 4.90 Å². The van der Waals surface area contributed by atoms with E-state index in [9.17, 15) is 18.8 Å². The molecule has 1 heterocycles. The Kier molecular flexibility index (Phi) is 5.23. The van der Waals surface area contributed by atoms with E-state index >= 15 is 0 Å². The van der Waals surface area contributed by atoms with Crippen LogP contribution in [0, 0.1) is 5.82 Å². The highest BCUT2D eigenvalue weighted by atomic mass is 35.5. The van der Waals surface area contributed by atoms with Crippen LogP contribution in [0.15, 0.2) is 33.9 Å². The fourth-order valence-corrected chi connectivity index (χ4v) is 2.52. The van der Waals surface area contributed by atoms with E-state index in [1.165, 1.54) is 37.2 Å². The zero-order chi connectivity index (χ0) is 18.0. The van der Waals surface area contributed by atoms with E-state index in [-0.39, 0.29) is 29.4 Å². The van der Waals surface area contributed by atoms with Gasteiger partial charge in [0.2, 0.25) is 0 Å². The van der Waals surface area contributed by atoms with Crippen molar-refractivity contribution in [1.82, 2.24) is 14.0 Å². The van der Waals surface area contributed by atoms with Gasteiger partial charge in [0.05, 0.1) is 6.54 Å². The van der Waals surface area contributed by atoms with Gasteiger partial charge in [0.25, 0.3) is 11.5 Å². The highest BCUT2D eigenvalue weighted by molar-refractivity contribution is 6.31. The number of aromatic nitrogens is 2. The lowest BCUT2D eigenvalue weighted by molar-refractivity contribution is 0.0739. The molecule has 0 bridgehead atoms. The van der Waals surface area contributed by atoms with Gasteiger partial charge in [-0.2, -0.15) is 0 Å². The minimum absolute atomic E-state index is 0.0580. The summed E-state index contributed by atoms with van der Waals surface area (Å²) in [6.07, 6.45) is 0. The lowest BCUT2D eigenvalue weighted by atomic mass is 10.2. The van der Waals surface area contributed by atoms with Crippen molar-refractivity contribution in [1.29, 1.82) is 0 Å². The van der Waals surface area contributed by atoms with E-state index in [0.717, 1.165) is 15.2 Å². The van der Waals surface area contributed by atoms with Crippen LogP contribution >= 0.6 is 11.6 Å². The molecule has 0 saturated heterocycles. The molecule has 128 valence electrons. The third-order valence-corrected chi connectivity index (χ3v) is 4.18. The van der Waals surface area contributed by atoms with Crippen LogP contribution in [0.3, 0.4) is 0 Å². The average Bonchev–Trinajstić information content (AvgIpc) is 2.55. The Morgan fingerprint density at radius 2 is 1.92 bits per heavy atom. The topological polar surface area (TPSA) is 64.3 Å². The maximum Gasteiger partial charge on any atom is 0.331 e. The molecule has 0 fully saturated rings. The Morgan fingerprint density at radius 3 is 2.50 bits per heavy atom. The Morgan fingerprint density at radius 1 is 1.25 bits per heavy atom. The number of nitrogens with zero attached hydrogens (tertiary/aromatic N) is 3. The van der Waals surface area contributed by atoms with Crippen LogP contribution in [0.2, 0.25) is 5.02 Å². The molecule has 2 aromatic rings. The zero-order valence-corrected chi connectivity index (χ0v) is 14.3. The molecule has 1 amide bonds.